The van der Waals surface area contributed by atoms with E-state index in [0.29, 0.717) is 29.2 Å². The molecule has 4 fully saturated rings. The first-order valence-electron chi connectivity index (χ1n) is 15.6. The van der Waals surface area contributed by atoms with Crippen LogP contribution < -0.4 is 10.5 Å². The number of likely N-dealkylation sites (tertiary alicyclic amines) is 1. The molecule has 5 heterocycles. The lowest BCUT2D eigenvalue weighted by Crippen LogP contribution is -2.41. The van der Waals surface area contributed by atoms with E-state index in [2.05, 4.69) is 43.3 Å². The second-order valence-electron chi connectivity index (χ2n) is 13.1. The number of ether oxygens (including phenoxy) is 1. The van der Waals surface area contributed by atoms with Gasteiger partial charge in [-0.15, -0.1) is 0 Å². The average Bonchev–Trinajstić information content (AvgIpc) is 3.86. The van der Waals surface area contributed by atoms with Crippen molar-refractivity contribution in [2.24, 2.45) is 24.6 Å². The molecule has 4 aliphatic rings. The molecule has 2 bridgehead atoms. The number of carbonyl (C=O) groups is 1. The van der Waals surface area contributed by atoms with Crippen LogP contribution in [0.25, 0.3) is 44.8 Å². The van der Waals surface area contributed by atoms with Crippen molar-refractivity contribution in [3.8, 4) is 28.5 Å². The zero-order valence-corrected chi connectivity index (χ0v) is 24.6. The number of methoxy groups -OCH3 is 1. The molecule has 3 aliphatic carbocycles. The number of imidazole rings is 1. The summed E-state index contributed by atoms with van der Waals surface area (Å²) in [7, 11) is 3.68. The molecule has 220 valence electrons. The fourth-order valence-corrected chi connectivity index (χ4v) is 7.49. The van der Waals surface area contributed by atoms with Gasteiger partial charge >= 0.3 is 0 Å². The molecule has 2 N–H and O–H groups in total. The Labute approximate surface area is 249 Å². The molecule has 4 aromatic heterocycles. The Morgan fingerprint density at radius 3 is 2.65 bits per heavy atom. The molecule has 10 nitrogen and oxygen atoms in total. The van der Waals surface area contributed by atoms with Gasteiger partial charge in [-0.3, -0.25) is 9.48 Å². The fraction of sp³-hybridized carbons (Fsp3) is 0.455. The lowest BCUT2D eigenvalue weighted by molar-refractivity contribution is 0.0700. The maximum Gasteiger partial charge on any atom is 0.254 e. The van der Waals surface area contributed by atoms with Crippen molar-refractivity contribution in [2.75, 3.05) is 13.7 Å². The van der Waals surface area contributed by atoms with E-state index >= 15 is 0 Å². The molecule has 3 atom stereocenters. The Kier molecular flexibility index (Phi) is 5.40. The summed E-state index contributed by atoms with van der Waals surface area (Å²) < 4.78 is 12.4. The number of aryl methyl sites for hydroxylation is 1. The number of hydrogen-bond donors (Lipinski definition) is 1. The molecule has 10 heteroatoms. The molecular weight excluding hydrogens is 540 g/mol. The lowest BCUT2D eigenvalue weighted by Gasteiger charge is -2.27. The summed E-state index contributed by atoms with van der Waals surface area (Å²) in [4.78, 5) is 26.0. The molecule has 9 rings (SSSR count). The Balaban J connectivity index is 1.14. The third-order valence-corrected chi connectivity index (χ3v) is 10.2. The molecule has 0 spiro atoms. The average molecular weight is 577 g/mol. The van der Waals surface area contributed by atoms with Crippen molar-refractivity contribution >= 4 is 28.0 Å². The van der Waals surface area contributed by atoms with Gasteiger partial charge in [0.15, 0.2) is 5.82 Å². The molecular formula is C33H36N8O2. The largest absolute Gasteiger partial charge is 0.494 e. The van der Waals surface area contributed by atoms with Gasteiger partial charge in [0.05, 0.1) is 36.3 Å². The van der Waals surface area contributed by atoms with E-state index < -0.39 is 0 Å². The van der Waals surface area contributed by atoms with Gasteiger partial charge < -0.3 is 24.5 Å². The van der Waals surface area contributed by atoms with Crippen molar-refractivity contribution in [3.63, 3.8) is 0 Å². The summed E-state index contributed by atoms with van der Waals surface area (Å²) in [5.74, 6) is 2.54. The molecule has 3 saturated carbocycles. The Morgan fingerprint density at radius 2 is 1.93 bits per heavy atom. The van der Waals surface area contributed by atoms with Crippen molar-refractivity contribution in [1.29, 1.82) is 0 Å². The van der Waals surface area contributed by atoms with Gasteiger partial charge in [-0.2, -0.15) is 5.10 Å². The number of hydrogen-bond acceptors (Lipinski definition) is 6. The van der Waals surface area contributed by atoms with Crippen LogP contribution in [0, 0.1) is 11.8 Å². The van der Waals surface area contributed by atoms with Crippen LogP contribution in [0.1, 0.15) is 54.9 Å². The van der Waals surface area contributed by atoms with Gasteiger partial charge in [0.25, 0.3) is 5.91 Å². The van der Waals surface area contributed by atoms with E-state index in [9.17, 15) is 4.79 Å². The monoisotopic (exact) mass is 576 g/mol. The van der Waals surface area contributed by atoms with Crippen LogP contribution >= 0.6 is 0 Å². The molecule has 1 aliphatic heterocycles. The molecule has 0 radical (unpaired) electrons. The number of nitrogens with zero attached hydrogens (tertiary/aromatic N) is 7. The van der Waals surface area contributed by atoms with Crippen molar-refractivity contribution in [3.05, 3.63) is 48.3 Å². The quantitative estimate of drug-likeness (QED) is 0.299. The van der Waals surface area contributed by atoms with Crippen LogP contribution in [0.5, 0.6) is 5.75 Å². The van der Waals surface area contributed by atoms with Crippen LogP contribution in [0.15, 0.2) is 42.7 Å². The first-order chi connectivity index (χ1) is 21.0. The highest BCUT2D eigenvalue weighted by Gasteiger charge is 2.47. The molecule has 2 unspecified atom stereocenters. The summed E-state index contributed by atoms with van der Waals surface area (Å²) in [5.41, 5.74) is 12.6. The molecule has 1 amide bonds. The smallest absolute Gasteiger partial charge is 0.254 e. The number of amides is 1. The summed E-state index contributed by atoms with van der Waals surface area (Å²) >= 11 is 0. The summed E-state index contributed by atoms with van der Waals surface area (Å²) in [6.45, 7) is 1.63. The SMILES string of the molecule is COc1cc(C(=O)N2CC3CCC2[C@@H]3N)cc2nc(-c3cc4ccc(-c5cnn(C6CC6)c5)nc4n3CC3CC3)n(C)c12. The van der Waals surface area contributed by atoms with Crippen LogP contribution in [-0.4, -0.2) is 65.4 Å². The van der Waals surface area contributed by atoms with Crippen LogP contribution in [0.3, 0.4) is 0 Å². The maximum absolute atomic E-state index is 13.7. The Hall–Kier alpha value is -4.18. The third kappa shape index (κ3) is 3.95. The van der Waals surface area contributed by atoms with Crippen LogP contribution in [0.4, 0.5) is 0 Å². The second kappa shape index (κ2) is 9.16. The van der Waals surface area contributed by atoms with Crippen molar-refractivity contribution in [2.45, 2.75) is 63.2 Å². The highest BCUT2D eigenvalue weighted by Crippen LogP contribution is 2.41. The zero-order chi connectivity index (χ0) is 29.0. The van der Waals surface area contributed by atoms with Crippen LogP contribution in [0.2, 0.25) is 0 Å². The molecule has 1 aromatic carbocycles. The van der Waals surface area contributed by atoms with Gasteiger partial charge in [0.2, 0.25) is 0 Å². The lowest BCUT2D eigenvalue weighted by atomic mass is 10.1. The number of benzene rings is 1. The van der Waals surface area contributed by atoms with Gasteiger partial charge in [-0.25, -0.2) is 9.97 Å². The Bertz CT molecular complexity index is 1930. The van der Waals surface area contributed by atoms with Crippen molar-refractivity contribution in [1.82, 2.24) is 33.8 Å². The van der Waals surface area contributed by atoms with E-state index in [1.807, 2.05) is 30.3 Å². The predicted octanol–water partition coefficient (Wildman–Crippen LogP) is 4.77. The standard InChI is InChI=1S/C33H36N8O2/c1-38-30-25(11-21(13-28(30)43-2)33(42)40-16-20-6-10-26(40)29(20)34)37-32(38)27-12-19-5-9-24(22-14-35-41(17-22)23-7-8-23)36-31(19)39(27)15-18-3-4-18/h5,9,11-14,17-18,20,23,26,29H,3-4,6-8,10,15-16,34H2,1-2H3/t20?,26?,29-/m1/s1. The van der Waals surface area contributed by atoms with E-state index in [4.69, 9.17) is 20.4 Å². The minimum Gasteiger partial charge on any atom is -0.494 e. The Morgan fingerprint density at radius 1 is 1.07 bits per heavy atom. The minimum atomic E-state index is 0.0136. The molecule has 1 saturated heterocycles. The third-order valence-electron chi connectivity index (χ3n) is 10.2. The fourth-order valence-electron chi connectivity index (χ4n) is 7.49. The first-order valence-corrected chi connectivity index (χ1v) is 15.6. The van der Waals surface area contributed by atoms with E-state index in [0.717, 1.165) is 70.8 Å². The summed E-state index contributed by atoms with van der Waals surface area (Å²) in [5, 5.41) is 5.68. The summed E-state index contributed by atoms with van der Waals surface area (Å²) in [6.07, 6.45) is 11.0. The normalized spacial score (nSPS) is 23.2. The van der Waals surface area contributed by atoms with Gasteiger partial charge in [0.1, 0.15) is 16.9 Å². The number of aromatic nitrogens is 6. The predicted molar refractivity (Wildman–Crippen MR) is 164 cm³/mol. The second-order valence-corrected chi connectivity index (χ2v) is 13.1. The number of fused-ring (bicyclic) bond motifs is 4. The summed E-state index contributed by atoms with van der Waals surface area (Å²) in [6, 6.07) is 11.0. The van der Waals surface area contributed by atoms with E-state index in [1.165, 1.54) is 25.7 Å². The van der Waals surface area contributed by atoms with Crippen molar-refractivity contribution < 1.29 is 9.53 Å². The zero-order valence-electron chi connectivity index (χ0n) is 24.6. The number of pyridine rings is 1. The van der Waals surface area contributed by atoms with Gasteiger partial charge in [0, 0.05) is 54.9 Å². The highest BCUT2D eigenvalue weighted by molar-refractivity contribution is 6.00. The van der Waals surface area contributed by atoms with Gasteiger partial charge in [-0.1, -0.05) is 0 Å². The minimum absolute atomic E-state index is 0.0136. The maximum atomic E-state index is 13.7. The van der Waals surface area contributed by atoms with Crippen LogP contribution in [-0.2, 0) is 13.6 Å². The highest BCUT2D eigenvalue weighted by atomic mass is 16.5. The van der Waals surface area contributed by atoms with E-state index in [-0.39, 0.29) is 18.0 Å². The first kappa shape index (κ1) is 25.3. The number of nitrogens with two attached hydrogens (primary N) is 1. The van der Waals surface area contributed by atoms with E-state index in [1.54, 1.807) is 7.11 Å². The number of rotatable bonds is 7. The number of piperidine rings is 1. The van der Waals surface area contributed by atoms with Gasteiger partial charge in [-0.05, 0) is 80.7 Å². The topological polar surface area (TPSA) is 109 Å². The molecule has 43 heavy (non-hydrogen) atoms. The number of carbonyl (C=O) groups excluding carboxylic acids is 1. The molecule has 5 aromatic rings.